The van der Waals surface area contributed by atoms with E-state index in [1.807, 2.05) is 26.8 Å². The maximum atomic E-state index is 4.21. The van der Waals surface area contributed by atoms with E-state index in [-0.39, 0.29) is 32.7 Å². The third-order valence-corrected chi connectivity index (χ3v) is 1.66. The average Bonchev–Trinajstić information content (AvgIpc) is 2.34. The fraction of sp³-hybridized carbons (Fsp3) is 0.250. The van der Waals surface area contributed by atoms with Crippen molar-refractivity contribution in [2.45, 2.75) is 20.8 Å². The summed E-state index contributed by atoms with van der Waals surface area (Å²) in [7, 11) is 0. The van der Waals surface area contributed by atoms with Crippen LogP contribution in [0.2, 0.25) is 0 Å². The Bertz CT molecular complexity index is 387. The zero-order valence-corrected chi connectivity index (χ0v) is 12.6. The Morgan fingerprint density at radius 1 is 1.00 bits per heavy atom. The molecule has 2 aromatic heterocycles. The van der Waals surface area contributed by atoms with Crippen molar-refractivity contribution in [3.63, 3.8) is 0 Å². The largest absolute Gasteiger partial charge is 0.381 e. The number of hydrogen-bond acceptors (Lipinski definition) is 3. The minimum atomic E-state index is 0. The molecule has 2 heterocycles. The molecule has 1 radical (unpaired) electrons. The van der Waals surface area contributed by atoms with Crippen LogP contribution in [-0.2, 0) is 32.7 Å². The van der Waals surface area contributed by atoms with E-state index in [4.69, 9.17) is 0 Å². The molecular weight excluding hydrogens is 275 g/mol. The number of aromatic nitrogens is 3. The molecule has 0 aliphatic rings. The Balaban J connectivity index is 0.000000711. The van der Waals surface area contributed by atoms with E-state index in [1.54, 1.807) is 24.8 Å². The van der Waals surface area contributed by atoms with E-state index in [2.05, 4.69) is 21.0 Å². The predicted molar refractivity (Wildman–Crippen MR) is 60.2 cm³/mol. The van der Waals surface area contributed by atoms with Gasteiger partial charge in [0.1, 0.15) is 0 Å². The van der Waals surface area contributed by atoms with E-state index in [1.165, 1.54) is 0 Å². The smallest absolute Gasteiger partial charge is 0.0511 e. The Hall–Kier alpha value is -0.666. The minimum absolute atomic E-state index is 0. The molecule has 2 aromatic rings. The van der Waals surface area contributed by atoms with Crippen molar-refractivity contribution in [1.29, 1.82) is 0 Å². The number of pyridine rings is 1. The first-order chi connectivity index (χ1) is 7.36. The van der Waals surface area contributed by atoms with Gasteiger partial charge in [0.25, 0.3) is 0 Å². The molecule has 16 heavy (non-hydrogen) atoms. The van der Waals surface area contributed by atoms with Gasteiger partial charge in [0.2, 0.25) is 0 Å². The van der Waals surface area contributed by atoms with Crippen LogP contribution in [0.15, 0.2) is 30.9 Å². The molecule has 0 spiro atoms. The number of hydrogen-bond donors (Lipinski definition) is 0. The van der Waals surface area contributed by atoms with Crippen LogP contribution in [0, 0.1) is 13.0 Å². The van der Waals surface area contributed by atoms with Gasteiger partial charge in [-0.1, -0.05) is 27.0 Å². The van der Waals surface area contributed by atoms with Crippen molar-refractivity contribution < 1.29 is 32.7 Å². The standard InChI is InChI=1S/C10H8N3.C2H6.Y/c1-8-2-3-9(13-6-8)10-7-11-4-5-12-10;1-2;/h3-7H,1H3;1-2H3;/q-1;;. The summed E-state index contributed by atoms with van der Waals surface area (Å²) in [5.74, 6) is 0. The first-order valence-corrected chi connectivity index (χ1v) is 4.97. The summed E-state index contributed by atoms with van der Waals surface area (Å²) in [6.07, 6.45) is 6.74. The van der Waals surface area contributed by atoms with Gasteiger partial charge in [0, 0.05) is 51.3 Å². The molecule has 81 valence electrons. The van der Waals surface area contributed by atoms with Gasteiger partial charge in [-0.05, 0) is 5.69 Å². The van der Waals surface area contributed by atoms with E-state index in [9.17, 15) is 0 Å². The molecule has 2 rings (SSSR count). The SMILES string of the molecule is CC.Cc1[c-]cc(-c2cnccn2)nc1.[Y]. The summed E-state index contributed by atoms with van der Waals surface area (Å²) in [5.41, 5.74) is 2.60. The fourth-order valence-corrected chi connectivity index (χ4v) is 0.995. The molecule has 0 aliphatic carbocycles. The zero-order chi connectivity index (χ0) is 11.1. The van der Waals surface area contributed by atoms with Crippen LogP contribution >= 0.6 is 0 Å². The van der Waals surface area contributed by atoms with Gasteiger partial charge in [0.05, 0.1) is 5.69 Å². The summed E-state index contributed by atoms with van der Waals surface area (Å²) in [6, 6.07) is 4.89. The van der Waals surface area contributed by atoms with Crippen molar-refractivity contribution in [3.8, 4) is 11.4 Å². The molecule has 0 atom stereocenters. The summed E-state index contributed by atoms with van der Waals surface area (Å²) in [5, 5.41) is 0. The summed E-state index contributed by atoms with van der Waals surface area (Å²) < 4.78 is 0. The Morgan fingerprint density at radius 3 is 2.25 bits per heavy atom. The van der Waals surface area contributed by atoms with E-state index < -0.39 is 0 Å². The predicted octanol–water partition coefficient (Wildman–Crippen LogP) is 2.67. The summed E-state index contributed by atoms with van der Waals surface area (Å²) in [6.45, 7) is 5.95. The van der Waals surface area contributed by atoms with E-state index in [0.29, 0.717) is 0 Å². The Kier molecular flexibility index (Phi) is 8.13. The quantitative estimate of drug-likeness (QED) is 0.758. The molecule has 0 saturated carbocycles. The molecule has 0 N–H and O–H groups in total. The van der Waals surface area contributed by atoms with Crippen molar-refractivity contribution in [2.24, 2.45) is 0 Å². The molecule has 0 amide bonds. The molecule has 4 heteroatoms. The normalized spacial score (nSPS) is 8.44. The molecule has 3 nitrogen and oxygen atoms in total. The molecule has 0 aromatic carbocycles. The van der Waals surface area contributed by atoms with Crippen molar-refractivity contribution >= 4 is 0 Å². The van der Waals surface area contributed by atoms with Crippen LogP contribution in [0.1, 0.15) is 19.4 Å². The first-order valence-electron chi connectivity index (χ1n) is 4.97. The van der Waals surface area contributed by atoms with E-state index in [0.717, 1.165) is 17.0 Å². The van der Waals surface area contributed by atoms with Crippen LogP contribution in [0.3, 0.4) is 0 Å². The Labute approximate surface area is 122 Å². The second-order valence-electron chi connectivity index (χ2n) is 2.71. The molecular formula is C12H14N3Y-. The van der Waals surface area contributed by atoms with Crippen LogP contribution in [0.4, 0.5) is 0 Å². The van der Waals surface area contributed by atoms with Crippen molar-refractivity contribution in [3.05, 3.63) is 42.5 Å². The third-order valence-electron chi connectivity index (χ3n) is 1.66. The van der Waals surface area contributed by atoms with Crippen LogP contribution in [0.25, 0.3) is 11.4 Å². The maximum absolute atomic E-state index is 4.21. The third kappa shape index (κ3) is 4.46. The molecule has 0 unspecified atom stereocenters. The van der Waals surface area contributed by atoms with Gasteiger partial charge in [0.15, 0.2) is 0 Å². The van der Waals surface area contributed by atoms with Crippen LogP contribution in [0.5, 0.6) is 0 Å². The van der Waals surface area contributed by atoms with E-state index >= 15 is 0 Å². The second-order valence-corrected chi connectivity index (χ2v) is 2.71. The van der Waals surface area contributed by atoms with Gasteiger partial charge in [-0.25, -0.2) is 0 Å². The average molecular weight is 289 g/mol. The number of rotatable bonds is 1. The van der Waals surface area contributed by atoms with Crippen LogP contribution < -0.4 is 0 Å². The fourth-order valence-electron chi connectivity index (χ4n) is 0.995. The topological polar surface area (TPSA) is 38.7 Å². The maximum Gasteiger partial charge on any atom is 0.0511 e. The van der Waals surface area contributed by atoms with Gasteiger partial charge < -0.3 is 4.98 Å². The second kappa shape index (κ2) is 8.48. The summed E-state index contributed by atoms with van der Waals surface area (Å²) in [4.78, 5) is 12.3. The van der Waals surface area contributed by atoms with Crippen molar-refractivity contribution in [1.82, 2.24) is 15.0 Å². The van der Waals surface area contributed by atoms with Gasteiger partial charge in [-0.15, -0.1) is 11.6 Å². The number of nitrogens with zero attached hydrogens (tertiary/aromatic N) is 3. The first kappa shape index (κ1) is 15.3. The zero-order valence-electron chi connectivity index (χ0n) is 9.81. The summed E-state index contributed by atoms with van der Waals surface area (Å²) >= 11 is 0. The molecule has 0 bridgehead atoms. The molecule has 0 aliphatic heterocycles. The molecule has 0 saturated heterocycles. The van der Waals surface area contributed by atoms with Crippen LogP contribution in [-0.4, -0.2) is 15.0 Å². The molecule has 0 fully saturated rings. The Morgan fingerprint density at radius 2 is 1.75 bits per heavy atom. The van der Waals surface area contributed by atoms with Gasteiger partial charge >= 0.3 is 0 Å². The van der Waals surface area contributed by atoms with Gasteiger partial charge in [-0.2, -0.15) is 6.07 Å². The number of aryl methyl sites for hydroxylation is 1. The van der Waals surface area contributed by atoms with Crippen molar-refractivity contribution in [2.75, 3.05) is 0 Å². The minimum Gasteiger partial charge on any atom is -0.381 e. The van der Waals surface area contributed by atoms with Gasteiger partial charge in [-0.3, -0.25) is 9.97 Å². The monoisotopic (exact) mass is 289 g/mol.